The van der Waals surface area contributed by atoms with Gasteiger partial charge in [0, 0.05) is 22.5 Å². The van der Waals surface area contributed by atoms with Crippen molar-refractivity contribution in [3.63, 3.8) is 0 Å². The standard InChI is InChI=1S/C26H15N3O3S/c30-14-18-13-29(28-24(18)17-7-2-1-3-8-17)26-27-22(15-33-26)21-12-20-19-9-5-4-6-16(19)10-11-23(20)32-25(21)31/h1-15H. The minimum atomic E-state index is -0.450. The molecule has 33 heavy (non-hydrogen) atoms. The fourth-order valence-electron chi connectivity index (χ4n) is 3.94. The Morgan fingerprint density at radius 3 is 2.61 bits per heavy atom. The van der Waals surface area contributed by atoms with Crippen molar-refractivity contribution in [2.45, 2.75) is 0 Å². The minimum absolute atomic E-state index is 0.382. The van der Waals surface area contributed by atoms with Gasteiger partial charge in [-0.1, -0.05) is 60.7 Å². The quantitative estimate of drug-likeness (QED) is 0.195. The Bertz CT molecular complexity index is 1710. The van der Waals surface area contributed by atoms with Gasteiger partial charge in [0.2, 0.25) is 5.13 Å². The van der Waals surface area contributed by atoms with E-state index in [9.17, 15) is 9.59 Å². The number of benzene rings is 3. The highest BCUT2D eigenvalue weighted by molar-refractivity contribution is 7.12. The molecule has 0 unspecified atom stereocenters. The molecule has 0 radical (unpaired) electrons. The van der Waals surface area contributed by atoms with E-state index >= 15 is 0 Å². The maximum atomic E-state index is 12.7. The van der Waals surface area contributed by atoms with Gasteiger partial charge in [-0.3, -0.25) is 4.79 Å². The van der Waals surface area contributed by atoms with Crippen LogP contribution in [0.2, 0.25) is 0 Å². The normalized spacial score (nSPS) is 11.3. The van der Waals surface area contributed by atoms with Crippen LogP contribution in [0.3, 0.4) is 0 Å². The van der Waals surface area contributed by atoms with Crippen LogP contribution < -0.4 is 5.63 Å². The molecule has 0 N–H and O–H groups in total. The van der Waals surface area contributed by atoms with Gasteiger partial charge in [-0.15, -0.1) is 11.3 Å². The van der Waals surface area contributed by atoms with Gasteiger partial charge in [-0.2, -0.15) is 5.10 Å². The van der Waals surface area contributed by atoms with E-state index in [1.54, 1.807) is 16.3 Å². The molecule has 0 amide bonds. The topological polar surface area (TPSA) is 78.0 Å². The van der Waals surface area contributed by atoms with Crippen LogP contribution in [0.25, 0.3) is 49.4 Å². The van der Waals surface area contributed by atoms with Crippen molar-refractivity contribution < 1.29 is 9.21 Å². The van der Waals surface area contributed by atoms with Gasteiger partial charge < -0.3 is 4.42 Å². The predicted octanol–water partition coefficient (Wildman–Crippen LogP) is 5.73. The summed E-state index contributed by atoms with van der Waals surface area (Å²) >= 11 is 1.34. The summed E-state index contributed by atoms with van der Waals surface area (Å²) in [6, 6.07) is 23.0. The molecule has 6 aromatic rings. The van der Waals surface area contributed by atoms with Gasteiger partial charge in [-0.25, -0.2) is 14.5 Å². The Labute approximate surface area is 191 Å². The summed E-state index contributed by atoms with van der Waals surface area (Å²) in [5.41, 5.74) is 2.86. The number of nitrogens with zero attached hydrogens (tertiary/aromatic N) is 3. The highest BCUT2D eigenvalue weighted by Gasteiger charge is 2.16. The Balaban J connectivity index is 1.46. The zero-order valence-electron chi connectivity index (χ0n) is 17.1. The lowest BCUT2D eigenvalue weighted by Crippen LogP contribution is -2.03. The third-order valence-electron chi connectivity index (χ3n) is 5.52. The molecule has 0 aliphatic carbocycles. The zero-order chi connectivity index (χ0) is 22.4. The number of carbonyl (C=O) groups excluding carboxylic acids is 1. The fourth-order valence-corrected chi connectivity index (χ4v) is 4.68. The van der Waals surface area contributed by atoms with Crippen molar-refractivity contribution in [1.29, 1.82) is 0 Å². The monoisotopic (exact) mass is 449 g/mol. The van der Waals surface area contributed by atoms with Crippen molar-refractivity contribution in [3.05, 3.63) is 100 Å². The summed E-state index contributed by atoms with van der Waals surface area (Å²) in [6.45, 7) is 0. The minimum Gasteiger partial charge on any atom is -0.422 e. The number of aldehydes is 1. The molecule has 0 bridgehead atoms. The Hall–Kier alpha value is -4.36. The third kappa shape index (κ3) is 3.26. The molecule has 0 saturated carbocycles. The number of fused-ring (bicyclic) bond motifs is 3. The molecule has 6 rings (SSSR count). The summed E-state index contributed by atoms with van der Waals surface area (Å²) < 4.78 is 7.18. The van der Waals surface area contributed by atoms with Gasteiger partial charge in [0.1, 0.15) is 11.3 Å². The van der Waals surface area contributed by atoms with E-state index in [-0.39, 0.29) is 0 Å². The van der Waals surface area contributed by atoms with Crippen molar-refractivity contribution in [1.82, 2.24) is 14.8 Å². The molecule has 0 saturated heterocycles. The smallest absolute Gasteiger partial charge is 0.345 e. The number of aromatic nitrogens is 3. The van der Waals surface area contributed by atoms with Crippen LogP contribution in [0.5, 0.6) is 0 Å². The maximum Gasteiger partial charge on any atom is 0.345 e. The molecule has 3 aromatic heterocycles. The zero-order valence-corrected chi connectivity index (χ0v) is 18.0. The Morgan fingerprint density at radius 1 is 0.939 bits per heavy atom. The van der Waals surface area contributed by atoms with Crippen LogP contribution in [0, 0.1) is 0 Å². The first-order valence-electron chi connectivity index (χ1n) is 10.2. The van der Waals surface area contributed by atoms with Gasteiger partial charge in [0.25, 0.3) is 0 Å². The molecule has 0 fully saturated rings. The SMILES string of the molecule is O=Cc1cn(-c2nc(-c3cc4c(ccc5ccccc54)oc3=O)cs2)nc1-c1ccccc1. The molecule has 0 aliphatic rings. The number of hydrogen-bond acceptors (Lipinski definition) is 6. The van der Waals surface area contributed by atoms with E-state index in [0.717, 1.165) is 28.0 Å². The van der Waals surface area contributed by atoms with E-state index in [0.29, 0.717) is 33.2 Å². The van der Waals surface area contributed by atoms with Crippen molar-refractivity contribution in [2.75, 3.05) is 0 Å². The average Bonchev–Trinajstić information content (AvgIpc) is 3.51. The molecule has 0 spiro atoms. The van der Waals surface area contributed by atoms with Crippen molar-refractivity contribution in [3.8, 4) is 27.6 Å². The van der Waals surface area contributed by atoms with Crippen molar-refractivity contribution >= 4 is 39.4 Å². The maximum absolute atomic E-state index is 12.7. The summed E-state index contributed by atoms with van der Waals surface area (Å²) in [4.78, 5) is 29.0. The fraction of sp³-hybridized carbons (Fsp3) is 0. The van der Waals surface area contributed by atoms with E-state index < -0.39 is 5.63 Å². The molecular weight excluding hydrogens is 434 g/mol. The van der Waals surface area contributed by atoms with Crippen LogP contribution in [0.1, 0.15) is 10.4 Å². The molecule has 6 nitrogen and oxygen atoms in total. The molecule has 3 heterocycles. The van der Waals surface area contributed by atoms with E-state index in [2.05, 4.69) is 10.1 Å². The van der Waals surface area contributed by atoms with Crippen LogP contribution in [-0.2, 0) is 0 Å². The first kappa shape index (κ1) is 19.3. The summed E-state index contributed by atoms with van der Waals surface area (Å²) in [7, 11) is 0. The molecule has 0 atom stereocenters. The first-order valence-corrected chi connectivity index (χ1v) is 11.1. The molecular formula is C26H15N3O3S. The Kier molecular flexibility index (Phi) is 4.48. The Morgan fingerprint density at radius 2 is 1.76 bits per heavy atom. The van der Waals surface area contributed by atoms with E-state index in [4.69, 9.17) is 4.42 Å². The number of carbonyl (C=O) groups is 1. The third-order valence-corrected chi connectivity index (χ3v) is 6.35. The lowest BCUT2D eigenvalue weighted by Gasteiger charge is -2.04. The van der Waals surface area contributed by atoms with E-state index in [1.807, 2.05) is 72.8 Å². The summed E-state index contributed by atoms with van der Waals surface area (Å²) in [6.07, 6.45) is 2.43. The predicted molar refractivity (Wildman–Crippen MR) is 129 cm³/mol. The second-order valence-corrected chi connectivity index (χ2v) is 8.36. The highest BCUT2D eigenvalue weighted by atomic mass is 32.1. The molecule has 7 heteroatoms. The first-order chi connectivity index (χ1) is 16.2. The average molecular weight is 449 g/mol. The van der Waals surface area contributed by atoms with E-state index in [1.165, 1.54) is 11.3 Å². The lowest BCUT2D eigenvalue weighted by molar-refractivity contribution is 0.112. The molecule has 158 valence electrons. The lowest BCUT2D eigenvalue weighted by atomic mass is 10.0. The van der Waals surface area contributed by atoms with Gasteiger partial charge in [0.05, 0.1) is 16.8 Å². The van der Waals surface area contributed by atoms with Gasteiger partial charge >= 0.3 is 5.63 Å². The second kappa shape index (κ2) is 7.65. The van der Waals surface area contributed by atoms with Crippen LogP contribution in [0.4, 0.5) is 0 Å². The van der Waals surface area contributed by atoms with Crippen LogP contribution in [-0.4, -0.2) is 21.1 Å². The van der Waals surface area contributed by atoms with Crippen molar-refractivity contribution in [2.24, 2.45) is 0 Å². The largest absolute Gasteiger partial charge is 0.422 e. The van der Waals surface area contributed by atoms with Crippen LogP contribution >= 0.6 is 11.3 Å². The van der Waals surface area contributed by atoms with Crippen LogP contribution in [0.15, 0.2) is 93.6 Å². The van der Waals surface area contributed by atoms with Gasteiger partial charge in [-0.05, 0) is 22.9 Å². The van der Waals surface area contributed by atoms with Gasteiger partial charge in [0.15, 0.2) is 6.29 Å². The number of thiazole rings is 1. The highest BCUT2D eigenvalue weighted by Crippen LogP contribution is 2.30. The summed E-state index contributed by atoms with van der Waals surface area (Å²) in [5.74, 6) is 0. The molecule has 0 aliphatic heterocycles. The number of hydrogen-bond donors (Lipinski definition) is 0. The number of rotatable bonds is 4. The second-order valence-electron chi connectivity index (χ2n) is 7.52. The molecule has 3 aromatic carbocycles. The summed E-state index contributed by atoms with van der Waals surface area (Å²) in [5, 5.41) is 9.84.